The minimum absolute atomic E-state index is 0.206. The molecular formula is C19H24N10O. The summed E-state index contributed by atoms with van der Waals surface area (Å²) >= 11 is 0. The summed E-state index contributed by atoms with van der Waals surface area (Å²) in [4.78, 5) is 30.4. The molecule has 1 aromatic carbocycles. The molecule has 0 aliphatic carbocycles. The van der Waals surface area contributed by atoms with Gasteiger partial charge in [0.2, 0.25) is 11.9 Å². The Balaban J connectivity index is 1.49. The molecule has 1 aliphatic rings. The van der Waals surface area contributed by atoms with Crippen LogP contribution in [-0.2, 0) is 6.54 Å². The number of aromatic nitrogens is 7. The van der Waals surface area contributed by atoms with E-state index in [1.54, 1.807) is 18.2 Å². The maximum atomic E-state index is 12.7. The predicted octanol–water partition coefficient (Wildman–Crippen LogP) is 0.834. The first kappa shape index (κ1) is 19.7. The highest BCUT2D eigenvalue weighted by Crippen LogP contribution is 2.18. The topological polar surface area (TPSA) is 118 Å². The van der Waals surface area contributed by atoms with Crippen molar-refractivity contribution in [1.82, 2.24) is 40.5 Å². The number of hydrogen-bond acceptors (Lipinski definition) is 9. The second kappa shape index (κ2) is 8.80. The van der Waals surface area contributed by atoms with Crippen LogP contribution in [0.3, 0.4) is 0 Å². The number of tetrazole rings is 1. The van der Waals surface area contributed by atoms with Crippen LogP contribution in [0.25, 0.3) is 5.69 Å². The zero-order chi connectivity index (χ0) is 20.9. The van der Waals surface area contributed by atoms with Crippen LogP contribution in [0.15, 0.2) is 30.6 Å². The minimum Gasteiger partial charge on any atom is -0.347 e. The van der Waals surface area contributed by atoms with Crippen LogP contribution in [0, 0.1) is 0 Å². The van der Waals surface area contributed by atoms with Gasteiger partial charge in [-0.05, 0) is 47.9 Å². The van der Waals surface area contributed by atoms with Crippen molar-refractivity contribution in [2.75, 3.05) is 37.0 Å². The van der Waals surface area contributed by atoms with Crippen LogP contribution in [0.4, 0.5) is 11.9 Å². The van der Waals surface area contributed by atoms with Crippen LogP contribution in [0.1, 0.15) is 35.4 Å². The molecule has 1 amide bonds. The summed E-state index contributed by atoms with van der Waals surface area (Å²) in [5, 5.41) is 14.0. The molecule has 11 nitrogen and oxygen atoms in total. The molecule has 0 spiro atoms. The largest absolute Gasteiger partial charge is 0.347 e. The molecule has 0 bridgehead atoms. The van der Waals surface area contributed by atoms with E-state index in [1.807, 2.05) is 25.1 Å². The third-order valence-corrected chi connectivity index (χ3v) is 4.83. The van der Waals surface area contributed by atoms with Gasteiger partial charge in [-0.3, -0.25) is 4.79 Å². The van der Waals surface area contributed by atoms with Crippen LogP contribution in [0.2, 0.25) is 0 Å². The molecule has 0 radical (unpaired) electrons. The van der Waals surface area contributed by atoms with E-state index in [-0.39, 0.29) is 12.5 Å². The molecule has 3 heterocycles. The van der Waals surface area contributed by atoms with Gasteiger partial charge in [-0.25, -0.2) is 4.68 Å². The van der Waals surface area contributed by atoms with Crippen molar-refractivity contribution in [1.29, 1.82) is 0 Å². The number of nitrogens with one attached hydrogen (secondary N) is 1. The van der Waals surface area contributed by atoms with Gasteiger partial charge in [0.25, 0.3) is 5.91 Å². The molecule has 1 aliphatic heterocycles. The number of rotatable bonds is 6. The molecule has 0 atom stereocenters. The molecule has 3 aromatic rings. The van der Waals surface area contributed by atoms with Gasteiger partial charge in [0.15, 0.2) is 5.82 Å². The third kappa shape index (κ3) is 4.50. The number of amides is 1. The lowest BCUT2D eigenvalue weighted by atomic mass is 10.1. The van der Waals surface area contributed by atoms with Crippen molar-refractivity contribution in [2.45, 2.75) is 25.8 Å². The molecule has 2 aromatic heterocycles. The number of anilines is 2. The fraction of sp³-hybridized carbons (Fsp3) is 0.421. The van der Waals surface area contributed by atoms with Crippen LogP contribution in [0.5, 0.6) is 0 Å². The Hall–Kier alpha value is -3.63. The summed E-state index contributed by atoms with van der Waals surface area (Å²) in [6.45, 7) is 2.08. The number of piperidine rings is 1. The third-order valence-electron chi connectivity index (χ3n) is 4.83. The summed E-state index contributed by atoms with van der Waals surface area (Å²) in [6.07, 6.45) is 4.97. The summed E-state index contributed by atoms with van der Waals surface area (Å²) in [6, 6.07) is 7.07. The van der Waals surface area contributed by atoms with Gasteiger partial charge in [-0.2, -0.15) is 15.0 Å². The second-order valence-corrected chi connectivity index (χ2v) is 7.28. The summed E-state index contributed by atoms with van der Waals surface area (Å²) < 4.78 is 1.50. The van der Waals surface area contributed by atoms with Gasteiger partial charge in [-0.15, -0.1) is 5.10 Å². The first-order valence-corrected chi connectivity index (χ1v) is 9.89. The smallest absolute Gasteiger partial charge is 0.251 e. The molecule has 11 heteroatoms. The van der Waals surface area contributed by atoms with E-state index < -0.39 is 0 Å². The quantitative estimate of drug-likeness (QED) is 0.633. The fourth-order valence-corrected chi connectivity index (χ4v) is 3.24. The molecule has 156 valence electrons. The minimum atomic E-state index is -0.226. The van der Waals surface area contributed by atoms with Crippen LogP contribution < -0.4 is 15.1 Å². The number of nitrogens with zero attached hydrogens (tertiary/aromatic N) is 9. The second-order valence-electron chi connectivity index (χ2n) is 7.28. The van der Waals surface area contributed by atoms with Gasteiger partial charge in [-0.1, -0.05) is 6.07 Å². The predicted molar refractivity (Wildman–Crippen MR) is 111 cm³/mol. The van der Waals surface area contributed by atoms with Crippen molar-refractivity contribution < 1.29 is 4.79 Å². The highest BCUT2D eigenvalue weighted by atomic mass is 16.1. The van der Waals surface area contributed by atoms with Crippen LogP contribution in [-0.4, -0.2) is 68.3 Å². The van der Waals surface area contributed by atoms with E-state index in [2.05, 4.69) is 40.7 Å². The van der Waals surface area contributed by atoms with Crippen molar-refractivity contribution in [3.05, 3.63) is 42.0 Å². The molecule has 0 unspecified atom stereocenters. The summed E-state index contributed by atoms with van der Waals surface area (Å²) in [5.41, 5.74) is 1.20. The Morgan fingerprint density at radius 3 is 2.70 bits per heavy atom. The van der Waals surface area contributed by atoms with E-state index in [0.29, 0.717) is 29.0 Å². The lowest BCUT2D eigenvalue weighted by Gasteiger charge is -2.27. The van der Waals surface area contributed by atoms with E-state index >= 15 is 0 Å². The Morgan fingerprint density at radius 1 is 1.13 bits per heavy atom. The van der Waals surface area contributed by atoms with Crippen LogP contribution >= 0.6 is 0 Å². The van der Waals surface area contributed by atoms with Crippen molar-refractivity contribution in [3.63, 3.8) is 0 Å². The van der Waals surface area contributed by atoms with Crippen molar-refractivity contribution >= 4 is 17.8 Å². The number of carbonyl (C=O) groups is 1. The molecular weight excluding hydrogens is 384 g/mol. The number of carbonyl (C=O) groups excluding carboxylic acids is 1. The zero-order valence-corrected chi connectivity index (χ0v) is 17.1. The Morgan fingerprint density at radius 2 is 1.97 bits per heavy atom. The highest BCUT2D eigenvalue weighted by Gasteiger charge is 2.17. The molecule has 0 saturated carbocycles. The molecule has 4 rings (SSSR count). The van der Waals surface area contributed by atoms with E-state index in [1.165, 1.54) is 17.4 Å². The van der Waals surface area contributed by atoms with Crippen molar-refractivity contribution in [2.24, 2.45) is 0 Å². The number of benzene rings is 1. The summed E-state index contributed by atoms with van der Waals surface area (Å²) in [7, 11) is 3.78. The lowest BCUT2D eigenvalue weighted by molar-refractivity contribution is 0.0950. The lowest BCUT2D eigenvalue weighted by Crippen LogP contribution is -2.33. The molecule has 1 saturated heterocycles. The molecule has 1 N–H and O–H groups in total. The first-order valence-electron chi connectivity index (χ1n) is 9.89. The van der Waals surface area contributed by atoms with E-state index in [9.17, 15) is 4.79 Å². The monoisotopic (exact) mass is 408 g/mol. The van der Waals surface area contributed by atoms with E-state index in [0.717, 1.165) is 25.9 Å². The SMILES string of the molecule is CN(C)c1nc(CNC(=O)c2cccc(-n3cnnn3)c2)nc(N2CCCCC2)n1. The average molecular weight is 408 g/mol. The van der Waals surface area contributed by atoms with E-state index in [4.69, 9.17) is 0 Å². The Bertz CT molecular complexity index is 998. The Kier molecular flexibility index (Phi) is 5.77. The van der Waals surface area contributed by atoms with Gasteiger partial charge in [0.1, 0.15) is 6.33 Å². The number of hydrogen-bond donors (Lipinski definition) is 1. The van der Waals surface area contributed by atoms with Crippen molar-refractivity contribution in [3.8, 4) is 5.69 Å². The van der Waals surface area contributed by atoms with Gasteiger partial charge in [0, 0.05) is 32.7 Å². The highest BCUT2D eigenvalue weighted by molar-refractivity contribution is 5.94. The maximum Gasteiger partial charge on any atom is 0.251 e. The average Bonchev–Trinajstić information content (AvgIpc) is 3.33. The zero-order valence-electron chi connectivity index (χ0n) is 17.1. The standard InChI is InChI=1S/C19H24N10O/c1-27(2)18-22-16(23-19(24-18)28-9-4-3-5-10-28)12-20-17(30)14-7-6-8-15(11-14)29-13-21-25-26-29/h6-8,11,13H,3-5,9-10,12H2,1-2H3,(H,20,30). The first-order chi connectivity index (χ1) is 14.6. The molecule has 30 heavy (non-hydrogen) atoms. The van der Waals surface area contributed by atoms with Gasteiger partial charge >= 0.3 is 0 Å². The molecule has 1 fully saturated rings. The van der Waals surface area contributed by atoms with Gasteiger partial charge in [0.05, 0.1) is 12.2 Å². The fourth-order valence-electron chi connectivity index (χ4n) is 3.24. The summed E-state index contributed by atoms with van der Waals surface area (Å²) in [5.74, 6) is 1.55. The van der Waals surface area contributed by atoms with Gasteiger partial charge < -0.3 is 15.1 Å². The normalized spacial score (nSPS) is 13.9. The Labute approximate surface area is 174 Å². The maximum absolute atomic E-state index is 12.7.